The SMILES string of the molecule is CC(NC(=O)C=Cc1ccccc1Cl)c1cccc(N2CCN(C)CC2)c1. The lowest BCUT2D eigenvalue weighted by molar-refractivity contribution is -0.117. The van der Waals surface area contributed by atoms with Crippen molar-refractivity contribution in [3.8, 4) is 0 Å². The molecule has 1 N–H and O–H groups in total. The zero-order chi connectivity index (χ0) is 19.2. The van der Waals surface area contributed by atoms with Gasteiger partial charge in [0.25, 0.3) is 0 Å². The van der Waals surface area contributed by atoms with Gasteiger partial charge in [0.2, 0.25) is 5.91 Å². The van der Waals surface area contributed by atoms with Crippen molar-refractivity contribution in [1.29, 1.82) is 0 Å². The number of hydrogen-bond donors (Lipinski definition) is 1. The first kappa shape index (κ1) is 19.5. The second-order valence-corrected chi connectivity index (χ2v) is 7.38. The first-order chi connectivity index (χ1) is 13.0. The molecule has 1 amide bonds. The highest BCUT2D eigenvalue weighted by atomic mass is 35.5. The zero-order valence-corrected chi connectivity index (χ0v) is 16.6. The monoisotopic (exact) mass is 383 g/mol. The summed E-state index contributed by atoms with van der Waals surface area (Å²) in [4.78, 5) is 17.0. The summed E-state index contributed by atoms with van der Waals surface area (Å²) >= 11 is 6.12. The normalized spacial score (nSPS) is 16.5. The van der Waals surface area contributed by atoms with Crippen molar-refractivity contribution in [2.75, 3.05) is 38.1 Å². The number of hydrogen-bond acceptors (Lipinski definition) is 3. The van der Waals surface area contributed by atoms with Gasteiger partial charge in [-0.3, -0.25) is 4.79 Å². The number of halogens is 1. The quantitative estimate of drug-likeness (QED) is 0.793. The van der Waals surface area contributed by atoms with E-state index in [1.54, 1.807) is 6.08 Å². The average Bonchev–Trinajstić information content (AvgIpc) is 2.68. The maximum Gasteiger partial charge on any atom is 0.244 e. The molecule has 2 aromatic rings. The smallest absolute Gasteiger partial charge is 0.244 e. The fraction of sp³-hybridized carbons (Fsp3) is 0.318. The van der Waals surface area contributed by atoms with Crippen molar-refractivity contribution in [3.05, 3.63) is 70.8 Å². The molecule has 142 valence electrons. The molecule has 2 aromatic carbocycles. The average molecular weight is 384 g/mol. The molecule has 27 heavy (non-hydrogen) atoms. The molecule has 1 aliphatic heterocycles. The molecule has 0 saturated carbocycles. The van der Waals surface area contributed by atoms with E-state index >= 15 is 0 Å². The van der Waals surface area contributed by atoms with Gasteiger partial charge in [-0.25, -0.2) is 0 Å². The minimum absolute atomic E-state index is 0.0687. The number of nitrogens with zero attached hydrogens (tertiary/aromatic N) is 2. The van der Waals surface area contributed by atoms with Crippen LogP contribution in [0.2, 0.25) is 5.02 Å². The van der Waals surface area contributed by atoms with Gasteiger partial charge in [0.05, 0.1) is 6.04 Å². The summed E-state index contributed by atoms with van der Waals surface area (Å²) in [7, 11) is 2.15. The molecule has 4 nitrogen and oxygen atoms in total. The molecule has 3 rings (SSSR count). The summed E-state index contributed by atoms with van der Waals surface area (Å²) in [6.07, 6.45) is 3.27. The van der Waals surface area contributed by atoms with Crippen molar-refractivity contribution in [2.24, 2.45) is 0 Å². The lowest BCUT2D eigenvalue weighted by Gasteiger charge is -2.34. The highest BCUT2D eigenvalue weighted by Crippen LogP contribution is 2.22. The lowest BCUT2D eigenvalue weighted by Crippen LogP contribution is -2.44. The van der Waals surface area contributed by atoms with Gasteiger partial charge in [-0.2, -0.15) is 0 Å². The third-order valence-corrected chi connectivity index (χ3v) is 5.26. The number of carbonyl (C=O) groups is 1. The Kier molecular flexibility index (Phi) is 6.54. The van der Waals surface area contributed by atoms with Gasteiger partial charge in [-0.05, 0) is 49.4 Å². The lowest BCUT2D eigenvalue weighted by atomic mass is 10.1. The summed E-state index contributed by atoms with van der Waals surface area (Å²) in [6.45, 7) is 6.21. The van der Waals surface area contributed by atoms with E-state index in [1.807, 2.05) is 31.2 Å². The van der Waals surface area contributed by atoms with Crippen molar-refractivity contribution >= 4 is 29.3 Å². The topological polar surface area (TPSA) is 35.6 Å². The van der Waals surface area contributed by atoms with Crippen LogP contribution in [0.3, 0.4) is 0 Å². The Morgan fingerprint density at radius 2 is 1.85 bits per heavy atom. The number of rotatable bonds is 5. The van der Waals surface area contributed by atoms with Crippen molar-refractivity contribution in [1.82, 2.24) is 10.2 Å². The Morgan fingerprint density at radius 3 is 2.59 bits per heavy atom. The Balaban J connectivity index is 1.62. The predicted molar refractivity (Wildman–Crippen MR) is 113 cm³/mol. The molecule has 0 radical (unpaired) electrons. The van der Waals surface area contributed by atoms with Gasteiger partial charge in [-0.1, -0.05) is 41.9 Å². The molecular weight excluding hydrogens is 358 g/mol. The second kappa shape index (κ2) is 9.07. The third-order valence-electron chi connectivity index (χ3n) is 4.92. The van der Waals surface area contributed by atoms with Crippen molar-refractivity contribution < 1.29 is 4.79 Å². The molecule has 0 spiro atoms. The minimum Gasteiger partial charge on any atom is -0.369 e. The van der Waals surface area contributed by atoms with Crippen LogP contribution in [0.15, 0.2) is 54.6 Å². The number of likely N-dealkylation sites (N-methyl/N-ethyl adjacent to an activating group) is 1. The molecule has 1 fully saturated rings. The molecule has 1 atom stereocenters. The fourth-order valence-electron chi connectivity index (χ4n) is 3.18. The highest BCUT2D eigenvalue weighted by Gasteiger charge is 2.15. The number of anilines is 1. The van der Waals surface area contributed by atoms with Crippen LogP contribution in [-0.4, -0.2) is 44.0 Å². The first-order valence-corrected chi connectivity index (χ1v) is 9.67. The highest BCUT2D eigenvalue weighted by molar-refractivity contribution is 6.32. The summed E-state index contributed by atoms with van der Waals surface area (Å²) in [5, 5.41) is 3.66. The molecule has 0 aromatic heterocycles. The zero-order valence-electron chi connectivity index (χ0n) is 15.9. The summed E-state index contributed by atoms with van der Waals surface area (Å²) in [5.74, 6) is -0.132. The van der Waals surface area contributed by atoms with E-state index in [-0.39, 0.29) is 11.9 Å². The second-order valence-electron chi connectivity index (χ2n) is 6.97. The van der Waals surface area contributed by atoms with E-state index in [2.05, 4.69) is 46.4 Å². The standard InChI is InChI=1S/C22H26ClN3O/c1-17(24-22(27)11-10-18-6-3-4-9-21(18)23)19-7-5-8-20(16-19)26-14-12-25(2)13-15-26/h3-11,16-17H,12-15H2,1-2H3,(H,24,27). The Hall–Kier alpha value is -2.30. The van der Waals surface area contributed by atoms with Gasteiger partial charge in [0, 0.05) is 43.0 Å². The van der Waals surface area contributed by atoms with Crippen molar-refractivity contribution in [3.63, 3.8) is 0 Å². The van der Waals surface area contributed by atoms with Crippen LogP contribution in [0.1, 0.15) is 24.1 Å². The molecule has 5 heteroatoms. The van der Waals surface area contributed by atoms with E-state index in [4.69, 9.17) is 11.6 Å². The van der Waals surface area contributed by atoms with E-state index in [0.29, 0.717) is 5.02 Å². The molecule has 1 heterocycles. The van der Waals surface area contributed by atoms with Crippen LogP contribution in [0.4, 0.5) is 5.69 Å². The molecule has 1 aliphatic rings. The van der Waals surface area contributed by atoms with Gasteiger partial charge >= 0.3 is 0 Å². The number of carbonyl (C=O) groups excluding carboxylic acids is 1. The number of amides is 1. The number of benzene rings is 2. The van der Waals surface area contributed by atoms with Crippen LogP contribution in [-0.2, 0) is 4.79 Å². The largest absolute Gasteiger partial charge is 0.369 e. The van der Waals surface area contributed by atoms with Gasteiger partial charge in [0.15, 0.2) is 0 Å². The maximum atomic E-state index is 12.3. The van der Waals surface area contributed by atoms with Crippen LogP contribution in [0.5, 0.6) is 0 Å². The van der Waals surface area contributed by atoms with E-state index in [9.17, 15) is 4.79 Å². The minimum atomic E-state index is -0.132. The number of nitrogens with one attached hydrogen (secondary N) is 1. The van der Waals surface area contributed by atoms with Crippen LogP contribution >= 0.6 is 11.6 Å². The summed E-state index contributed by atoms with van der Waals surface area (Å²) < 4.78 is 0. The Morgan fingerprint density at radius 1 is 1.11 bits per heavy atom. The third kappa shape index (κ3) is 5.34. The molecule has 1 unspecified atom stereocenters. The van der Waals surface area contributed by atoms with Gasteiger partial charge < -0.3 is 15.1 Å². The van der Waals surface area contributed by atoms with E-state index in [1.165, 1.54) is 11.8 Å². The van der Waals surface area contributed by atoms with Gasteiger partial charge in [-0.15, -0.1) is 0 Å². The van der Waals surface area contributed by atoms with Gasteiger partial charge in [0.1, 0.15) is 0 Å². The molecule has 0 bridgehead atoms. The van der Waals surface area contributed by atoms with E-state index < -0.39 is 0 Å². The fourth-order valence-corrected chi connectivity index (χ4v) is 3.37. The van der Waals surface area contributed by atoms with Crippen molar-refractivity contribution in [2.45, 2.75) is 13.0 Å². The molecule has 1 saturated heterocycles. The van der Waals surface area contributed by atoms with Crippen LogP contribution in [0.25, 0.3) is 6.08 Å². The Labute approximate surface area is 166 Å². The van der Waals surface area contributed by atoms with Crippen LogP contribution in [0, 0.1) is 0 Å². The molecule has 0 aliphatic carbocycles. The summed E-state index contributed by atoms with van der Waals surface area (Å²) in [5.41, 5.74) is 3.15. The number of piperazine rings is 1. The summed E-state index contributed by atoms with van der Waals surface area (Å²) in [6, 6.07) is 15.8. The predicted octanol–water partition coefficient (Wildman–Crippen LogP) is 3.98. The van der Waals surface area contributed by atoms with Crippen LogP contribution < -0.4 is 10.2 Å². The molecular formula is C22H26ClN3O. The van der Waals surface area contributed by atoms with E-state index in [0.717, 1.165) is 37.3 Å². The maximum absolute atomic E-state index is 12.3. The first-order valence-electron chi connectivity index (χ1n) is 9.29. The Bertz CT molecular complexity index is 813.